The van der Waals surface area contributed by atoms with Crippen LogP contribution >= 0.6 is 0 Å². The van der Waals surface area contributed by atoms with Crippen molar-refractivity contribution in [3.8, 4) is 0 Å². The maximum atomic E-state index is 4.51. The highest BCUT2D eigenvalue weighted by molar-refractivity contribution is 5.71. The molecule has 78 valence electrons. The van der Waals surface area contributed by atoms with Crippen LogP contribution in [0.25, 0.3) is 11.0 Å². The third-order valence-electron chi connectivity index (χ3n) is 2.87. The number of aromatic amines is 1. The summed E-state index contributed by atoms with van der Waals surface area (Å²) in [5.41, 5.74) is 1.81. The average molecular weight is 203 g/mol. The quantitative estimate of drug-likeness (QED) is 0.720. The Hall–Kier alpha value is -1.49. The number of fused-ring (bicyclic) bond motifs is 1. The van der Waals surface area contributed by atoms with Gasteiger partial charge in [-0.2, -0.15) is 5.10 Å². The molecule has 1 aliphatic heterocycles. The summed E-state index contributed by atoms with van der Waals surface area (Å²) < 4.78 is 0. The maximum Gasteiger partial charge on any atom is 0.133 e. The van der Waals surface area contributed by atoms with Crippen molar-refractivity contribution in [3.05, 3.63) is 18.2 Å². The predicted molar refractivity (Wildman–Crippen MR) is 56.5 cm³/mol. The maximum absolute atomic E-state index is 4.51. The molecule has 5 heteroatoms. The van der Waals surface area contributed by atoms with Crippen molar-refractivity contribution in [2.75, 3.05) is 13.1 Å². The molecule has 3 heterocycles. The molecule has 0 bridgehead atoms. The second-order valence-corrected chi connectivity index (χ2v) is 3.94. The van der Waals surface area contributed by atoms with E-state index in [2.05, 4.69) is 25.5 Å². The minimum atomic E-state index is 0.457. The first-order valence-electron chi connectivity index (χ1n) is 5.30. The van der Waals surface area contributed by atoms with Gasteiger partial charge in [-0.15, -0.1) is 0 Å². The van der Waals surface area contributed by atoms with Crippen LogP contribution in [0.15, 0.2) is 12.4 Å². The van der Waals surface area contributed by atoms with E-state index in [-0.39, 0.29) is 0 Å². The Balaban J connectivity index is 1.95. The zero-order valence-electron chi connectivity index (χ0n) is 8.40. The fourth-order valence-corrected chi connectivity index (χ4v) is 2.03. The van der Waals surface area contributed by atoms with Gasteiger partial charge in [0.15, 0.2) is 0 Å². The van der Waals surface area contributed by atoms with Gasteiger partial charge in [0.1, 0.15) is 16.9 Å². The van der Waals surface area contributed by atoms with Crippen LogP contribution in [0.1, 0.15) is 24.6 Å². The van der Waals surface area contributed by atoms with Gasteiger partial charge in [0.05, 0.1) is 12.4 Å². The summed E-state index contributed by atoms with van der Waals surface area (Å²) in [6, 6.07) is 0. The van der Waals surface area contributed by atoms with E-state index in [0.717, 1.165) is 29.9 Å². The van der Waals surface area contributed by atoms with E-state index in [0.29, 0.717) is 5.92 Å². The van der Waals surface area contributed by atoms with Crippen LogP contribution < -0.4 is 5.32 Å². The number of piperidine rings is 1. The normalized spacial score (nSPS) is 22.0. The SMILES string of the molecule is c1n[nH]c2cnc(C3CCCNC3)nc12. The highest BCUT2D eigenvalue weighted by Gasteiger charge is 2.17. The molecule has 0 saturated carbocycles. The minimum absolute atomic E-state index is 0.457. The Labute approximate surface area is 87.3 Å². The Kier molecular flexibility index (Phi) is 2.10. The van der Waals surface area contributed by atoms with E-state index in [4.69, 9.17) is 0 Å². The Bertz CT molecular complexity index is 458. The average Bonchev–Trinajstić information content (AvgIpc) is 2.77. The highest BCUT2D eigenvalue weighted by atomic mass is 15.1. The number of hydrogen-bond acceptors (Lipinski definition) is 4. The van der Waals surface area contributed by atoms with E-state index in [9.17, 15) is 0 Å². The van der Waals surface area contributed by atoms with Gasteiger partial charge in [0.2, 0.25) is 0 Å². The smallest absolute Gasteiger partial charge is 0.133 e. The molecule has 2 N–H and O–H groups in total. The molecule has 2 aromatic heterocycles. The minimum Gasteiger partial charge on any atom is -0.316 e. The van der Waals surface area contributed by atoms with Crippen molar-refractivity contribution in [1.82, 2.24) is 25.5 Å². The largest absolute Gasteiger partial charge is 0.316 e. The first kappa shape index (κ1) is 8.79. The number of H-pyrrole nitrogens is 1. The zero-order valence-corrected chi connectivity index (χ0v) is 8.40. The summed E-state index contributed by atoms with van der Waals surface area (Å²) in [4.78, 5) is 8.89. The molecule has 5 nitrogen and oxygen atoms in total. The second kappa shape index (κ2) is 3.58. The van der Waals surface area contributed by atoms with E-state index in [1.807, 2.05) is 6.20 Å². The molecule has 1 aliphatic rings. The Morgan fingerprint density at radius 1 is 1.33 bits per heavy atom. The summed E-state index contributed by atoms with van der Waals surface area (Å²) in [6.07, 6.45) is 5.95. The van der Waals surface area contributed by atoms with Crippen molar-refractivity contribution in [2.45, 2.75) is 18.8 Å². The predicted octanol–water partition coefficient (Wildman–Crippen LogP) is 0.820. The van der Waals surface area contributed by atoms with E-state index in [1.54, 1.807) is 6.20 Å². The van der Waals surface area contributed by atoms with Crippen LogP contribution in [0.4, 0.5) is 0 Å². The van der Waals surface area contributed by atoms with Crippen LogP contribution in [0, 0.1) is 0 Å². The van der Waals surface area contributed by atoms with Crippen LogP contribution in [0.5, 0.6) is 0 Å². The second-order valence-electron chi connectivity index (χ2n) is 3.94. The molecule has 0 aliphatic carbocycles. The molecule has 3 rings (SSSR count). The summed E-state index contributed by atoms with van der Waals surface area (Å²) in [7, 11) is 0. The molecule has 0 amide bonds. The fourth-order valence-electron chi connectivity index (χ4n) is 2.03. The van der Waals surface area contributed by atoms with E-state index < -0.39 is 0 Å². The summed E-state index contributed by atoms with van der Waals surface area (Å²) >= 11 is 0. The molecule has 0 spiro atoms. The van der Waals surface area contributed by atoms with Gasteiger partial charge in [0.25, 0.3) is 0 Å². The molecule has 1 unspecified atom stereocenters. The number of nitrogens with one attached hydrogen (secondary N) is 2. The lowest BCUT2D eigenvalue weighted by Gasteiger charge is -2.21. The van der Waals surface area contributed by atoms with Gasteiger partial charge in [-0.1, -0.05) is 0 Å². The van der Waals surface area contributed by atoms with Crippen LogP contribution in [-0.4, -0.2) is 33.3 Å². The molecule has 15 heavy (non-hydrogen) atoms. The molecule has 0 radical (unpaired) electrons. The Morgan fingerprint density at radius 2 is 2.33 bits per heavy atom. The standard InChI is InChI=1S/C10H13N5/c1-2-7(4-11-3-1)10-12-5-9-8(14-10)6-13-15-9/h5-7,11H,1-4H2,(H,13,15). The first-order chi connectivity index (χ1) is 7.43. The zero-order chi connectivity index (χ0) is 10.1. The van der Waals surface area contributed by atoms with Crippen molar-refractivity contribution >= 4 is 11.0 Å². The molecule has 1 atom stereocenters. The van der Waals surface area contributed by atoms with Gasteiger partial charge in [0, 0.05) is 12.5 Å². The topological polar surface area (TPSA) is 66.5 Å². The summed E-state index contributed by atoms with van der Waals surface area (Å²) in [5, 5.41) is 10.2. The number of hydrogen-bond donors (Lipinski definition) is 2. The van der Waals surface area contributed by atoms with Crippen molar-refractivity contribution in [3.63, 3.8) is 0 Å². The molecule has 2 aromatic rings. The fraction of sp³-hybridized carbons (Fsp3) is 0.500. The molecular formula is C10H13N5. The van der Waals surface area contributed by atoms with Crippen LogP contribution in [0.2, 0.25) is 0 Å². The highest BCUT2D eigenvalue weighted by Crippen LogP contribution is 2.20. The summed E-state index contributed by atoms with van der Waals surface area (Å²) in [5.74, 6) is 1.40. The number of rotatable bonds is 1. The van der Waals surface area contributed by atoms with Gasteiger partial charge < -0.3 is 5.32 Å². The monoisotopic (exact) mass is 203 g/mol. The molecular weight excluding hydrogens is 190 g/mol. The van der Waals surface area contributed by atoms with E-state index in [1.165, 1.54) is 12.8 Å². The number of aromatic nitrogens is 4. The third kappa shape index (κ3) is 1.59. The van der Waals surface area contributed by atoms with Gasteiger partial charge in [-0.3, -0.25) is 5.10 Å². The van der Waals surface area contributed by atoms with Gasteiger partial charge >= 0.3 is 0 Å². The molecule has 1 saturated heterocycles. The summed E-state index contributed by atoms with van der Waals surface area (Å²) in [6.45, 7) is 2.10. The van der Waals surface area contributed by atoms with Crippen LogP contribution in [-0.2, 0) is 0 Å². The van der Waals surface area contributed by atoms with Crippen molar-refractivity contribution in [2.24, 2.45) is 0 Å². The van der Waals surface area contributed by atoms with Gasteiger partial charge in [-0.05, 0) is 19.4 Å². The van der Waals surface area contributed by atoms with E-state index >= 15 is 0 Å². The third-order valence-corrected chi connectivity index (χ3v) is 2.87. The van der Waals surface area contributed by atoms with Crippen molar-refractivity contribution in [1.29, 1.82) is 0 Å². The molecule has 1 fully saturated rings. The lowest BCUT2D eigenvalue weighted by atomic mass is 9.99. The lowest BCUT2D eigenvalue weighted by Crippen LogP contribution is -2.29. The molecule has 0 aromatic carbocycles. The lowest BCUT2D eigenvalue weighted by molar-refractivity contribution is 0.447. The number of nitrogens with zero attached hydrogens (tertiary/aromatic N) is 3. The van der Waals surface area contributed by atoms with Crippen molar-refractivity contribution < 1.29 is 0 Å². The first-order valence-corrected chi connectivity index (χ1v) is 5.30. The van der Waals surface area contributed by atoms with Gasteiger partial charge in [-0.25, -0.2) is 9.97 Å². The van der Waals surface area contributed by atoms with Crippen LogP contribution in [0.3, 0.4) is 0 Å². The Morgan fingerprint density at radius 3 is 3.20 bits per heavy atom.